The maximum atomic E-state index is 10.1. The Kier molecular flexibility index (Phi) is 1.45. The Morgan fingerprint density at radius 2 is 2.14 bits per heavy atom. The summed E-state index contributed by atoms with van der Waals surface area (Å²) in [5.41, 5.74) is 0. The molecule has 2 aliphatic heterocycles. The Balaban J connectivity index is 1.58. The number of nitrogens with zero attached hydrogens (tertiary/aromatic N) is 1. The van der Waals surface area contributed by atoms with Gasteiger partial charge < -0.3 is 9.84 Å². The van der Waals surface area contributed by atoms with Crippen LogP contribution in [-0.2, 0) is 4.74 Å². The molecule has 2 bridgehead atoms. The van der Waals surface area contributed by atoms with E-state index in [0.29, 0.717) is 18.1 Å². The second kappa shape index (κ2) is 2.52. The molecule has 3 nitrogen and oxygen atoms in total. The molecule has 14 heavy (non-hydrogen) atoms. The van der Waals surface area contributed by atoms with Gasteiger partial charge in [-0.1, -0.05) is 0 Å². The molecule has 0 aromatic heterocycles. The van der Waals surface area contributed by atoms with Crippen molar-refractivity contribution in [3.8, 4) is 0 Å². The molecule has 5 unspecified atom stereocenters. The van der Waals surface area contributed by atoms with E-state index in [1.54, 1.807) is 0 Å². The smallest absolute Gasteiger partial charge is 0.0936 e. The second-order valence-electron chi connectivity index (χ2n) is 5.55. The van der Waals surface area contributed by atoms with Crippen molar-refractivity contribution >= 4 is 0 Å². The standard InChI is InChI=1S/C11H17NO2/c13-11-6-1-7-3-12(4-8-5-14-8)10(11)9(7)2-6/h6-11,13H,1-5H2/t6?,7?,8-,9?,10?,11?/m1/s1. The number of likely N-dealkylation sites (tertiary alicyclic amines) is 1. The highest BCUT2D eigenvalue weighted by molar-refractivity contribution is 5.11. The van der Waals surface area contributed by atoms with Gasteiger partial charge in [-0.25, -0.2) is 0 Å². The molecule has 0 radical (unpaired) electrons. The summed E-state index contributed by atoms with van der Waals surface area (Å²) in [5.74, 6) is 2.33. The van der Waals surface area contributed by atoms with Crippen molar-refractivity contribution in [2.75, 3.05) is 19.7 Å². The minimum atomic E-state index is -0.0301. The SMILES string of the molecule is OC1C2CC3CN(C[C@@H]4CO4)C1C3C2. The first-order valence-electron chi connectivity index (χ1n) is 5.86. The molecule has 3 heteroatoms. The topological polar surface area (TPSA) is 36.0 Å². The first-order valence-corrected chi connectivity index (χ1v) is 5.86. The van der Waals surface area contributed by atoms with E-state index in [9.17, 15) is 5.11 Å². The highest BCUT2D eigenvalue weighted by Crippen LogP contribution is 2.54. The van der Waals surface area contributed by atoms with Gasteiger partial charge in [0, 0.05) is 19.1 Å². The highest BCUT2D eigenvalue weighted by atomic mass is 16.6. The van der Waals surface area contributed by atoms with Gasteiger partial charge in [0.25, 0.3) is 0 Å². The summed E-state index contributed by atoms with van der Waals surface area (Å²) < 4.78 is 5.28. The molecule has 6 atom stereocenters. The fourth-order valence-electron chi connectivity index (χ4n) is 4.18. The third kappa shape index (κ3) is 0.930. The van der Waals surface area contributed by atoms with Crippen molar-refractivity contribution in [2.24, 2.45) is 17.8 Å². The Morgan fingerprint density at radius 1 is 1.29 bits per heavy atom. The summed E-state index contributed by atoms with van der Waals surface area (Å²) in [6.07, 6.45) is 3.03. The lowest BCUT2D eigenvalue weighted by Crippen LogP contribution is -2.42. The number of epoxide rings is 1. The summed E-state index contributed by atoms with van der Waals surface area (Å²) in [4.78, 5) is 2.50. The van der Waals surface area contributed by atoms with Gasteiger partial charge >= 0.3 is 0 Å². The van der Waals surface area contributed by atoms with Gasteiger partial charge in [0.1, 0.15) is 0 Å². The van der Waals surface area contributed by atoms with Crippen LogP contribution >= 0.6 is 0 Å². The predicted molar refractivity (Wildman–Crippen MR) is 50.8 cm³/mol. The fraction of sp³-hybridized carbons (Fsp3) is 1.00. The van der Waals surface area contributed by atoms with Crippen molar-refractivity contribution in [3.05, 3.63) is 0 Å². The van der Waals surface area contributed by atoms with E-state index in [2.05, 4.69) is 4.90 Å². The fourth-order valence-corrected chi connectivity index (χ4v) is 4.18. The van der Waals surface area contributed by atoms with Gasteiger partial charge in [-0.3, -0.25) is 4.90 Å². The van der Waals surface area contributed by atoms with Crippen molar-refractivity contribution < 1.29 is 9.84 Å². The van der Waals surface area contributed by atoms with E-state index in [-0.39, 0.29) is 6.10 Å². The molecule has 4 aliphatic rings. The number of hydrogen-bond donors (Lipinski definition) is 1. The van der Waals surface area contributed by atoms with Crippen LogP contribution in [0.5, 0.6) is 0 Å². The highest BCUT2D eigenvalue weighted by Gasteiger charge is 2.59. The molecule has 4 fully saturated rings. The van der Waals surface area contributed by atoms with E-state index in [1.807, 2.05) is 0 Å². The quantitative estimate of drug-likeness (QED) is 0.634. The van der Waals surface area contributed by atoms with Crippen LogP contribution in [0.4, 0.5) is 0 Å². The summed E-state index contributed by atoms with van der Waals surface area (Å²) >= 11 is 0. The molecule has 4 rings (SSSR count). The Labute approximate surface area is 84.0 Å². The largest absolute Gasteiger partial charge is 0.391 e. The molecule has 2 saturated carbocycles. The number of aliphatic hydroxyl groups excluding tert-OH is 1. The number of hydrogen-bond acceptors (Lipinski definition) is 3. The van der Waals surface area contributed by atoms with Gasteiger partial charge in [-0.15, -0.1) is 0 Å². The molecule has 78 valence electrons. The van der Waals surface area contributed by atoms with Crippen LogP contribution in [0.15, 0.2) is 0 Å². The molecule has 0 aromatic carbocycles. The maximum absolute atomic E-state index is 10.1. The van der Waals surface area contributed by atoms with E-state index in [1.165, 1.54) is 19.4 Å². The third-order valence-corrected chi connectivity index (χ3v) is 4.79. The Bertz CT molecular complexity index is 264. The predicted octanol–water partition coefficient (Wildman–Crippen LogP) is 0.0863. The van der Waals surface area contributed by atoms with Gasteiger partial charge in [-0.2, -0.15) is 0 Å². The average molecular weight is 195 g/mol. The molecule has 2 saturated heterocycles. The lowest BCUT2D eigenvalue weighted by molar-refractivity contribution is 0.0488. The number of ether oxygens (including phenoxy) is 1. The first-order chi connectivity index (χ1) is 6.83. The van der Waals surface area contributed by atoms with Crippen molar-refractivity contribution in [1.29, 1.82) is 0 Å². The lowest BCUT2D eigenvalue weighted by atomic mass is 9.88. The van der Waals surface area contributed by atoms with E-state index in [0.717, 1.165) is 25.0 Å². The number of fused-ring (bicyclic) bond motifs is 1. The first kappa shape index (κ1) is 8.08. The maximum Gasteiger partial charge on any atom is 0.0936 e. The van der Waals surface area contributed by atoms with Gasteiger partial charge in [-0.05, 0) is 30.6 Å². The lowest BCUT2D eigenvalue weighted by Gasteiger charge is -2.28. The molecule has 0 spiro atoms. The minimum Gasteiger partial charge on any atom is -0.391 e. The van der Waals surface area contributed by atoms with Crippen LogP contribution in [0.1, 0.15) is 12.8 Å². The van der Waals surface area contributed by atoms with E-state index < -0.39 is 0 Å². The number of rotatable bonds is 2. The molecular weight excluding hydrogens is 178 g/mol. The van der Waals surface area contributed by atoms with Crippen LogP contribution in [0.2, 0.25) is 0 Å². The molecule has 1 N–H and O–H groups in total. The monoisotopic (exact) mass is 195 g/mol. The van der Waals surface area contributed by atoms with Crippen molar-refractivity contribution in [3.63, 3.8) is 0 Å². The number of aliphatic hydroxyl groups is 1. The van der Waals surface area contributed by atoms with Crippen LogP contribution in [-0.4, -0.2) is 48.0 Å². The second-order valence-corrected chi connectivity index (χ2v) is 5.55. The molecular formula is C11H17NO2. The van der Waals surface area contributed by atoms with Crippen LogP contribution in [0, 0.1) is 17.8 Å². The van der Waals surface area contributed by atoms with E-state index >= 15 is 0 Å². The molecule has 0 amide bonds. The van der Waals surface area contributed by atoms with Crippen molar-refractivity contribution in [1.82, 2.24) is 4.90 Å². The average Bonchev–Trinajstić information content (AvgIpc) is 2.67. The summed E-state index contributed by atoms with van der Waals surface area (Å²) in [6.45, 7) is 3.24. The van der Waals surface area contributed by atoms with Gasteiger partial charge in [0.15, 0.2) is 0 Å². The molecule has 2 heterocycles. The summed E-state index contributed by atoms with van der Waals surface area (Å²) in [5, 5.41) is 10.1. The zero-order valence-electron chi connectivity index (χ0n) is 8.30. The van der Waals surface area contributed by atoms with Crippen LogP contribution in [0.25, 0.3) is 0 Å². The van der Waals surface area contributed by atoms with Crippen LogP contribution < -0.4 is 0 Å². The van der Waals surface area contributed by atoms with Crippen molar-refractivity contribution in [2.45, 2.75) is 31.1 Å². The zero-order valence-corrected chi connectivity index (χ0v) is 8.30. The normalized spacial score (nSPS) is 59.8. The minimum absolute atomic E-state index is 0.0301. The molecule has 0 aromatic rings. The Hall–Kier alpha value is -0.120. The summed E-state index contributed by atoms with van der Waals surface area (Å²) in [7, 11) is 0. The van der Waals surface area contributed by atoms with Gasteiger partial charge in [0.2, 0.25) is 0 Å². The van der Waals surface area contributed by atoms with Gasteiger partial charge in [0.05, 0.1) is 18.8 Å². The summed E-state index contributed by atoms with van der Waals surface area (Å²) in [6, 6.07) is 0.489. The third-order valence-electron chi connectivity index (χ3n) is 4.79. The van der Waals surface area contributed by atoms with E-state index in [4.69, 9.17) is 4.74 Å². The van der Waals surface area contributed by atoms with Crippen LogP contribution in [0.3, 0.4) is 0 Å². The Morgan fingerprint density at radius 3 is 2.86 bits per heavy atom. The molecule has 2 aliphatic carbocycles. The zero-order chi connectivity index (χ0) is 9.28.